The largest absolute Gasteiger partial charge is 0.350 e. The van der Waals surface area contributed by atoms with Gasteiger partial charge in [-0.3, -0.25) is 19.7 Å². The SMILES string of the molecule is CC(NC(=O)C(N)CCc1ccccc1)C(=O)NCc1cc(Cl)ccc1[N+](=O)[O-].Cl. The van der Waals surface area contributed by atoms with E-state index in [1.807, 2.05) is 30.3 Å². The van der Waals surface area contributed by atoms with Crippen LogP contribution < -0.4 is 16.4 Å². The zero-order valence-electron chi connectivity index (χ0n) is 16.3. The highest BCUT2D eigenvalue weighted by atomic mass is 35.5. The predicted octanol–water partition coefficient (Wildman–Crippen LogP) is 2.75. The third-order valence-electron chi connectivity index (χ3n) is 4.37. The van der Waals surface area contributed by atoms with Crippen LogP contribution in [0.3, 0.4) is 0 Å². The number of rotatable bonds is 9. The fourth-order valence-electron chi connectivity index (χ4n) is 2.69. The van der Waals surface area contributed by atoms with Crippen LogP contribution >= 0.6 is 24.0 Å². The molecule has 0 radical (unpaired) electrons. The zero-order chi connectivity index (χ0) is 21.4. The Kier molecular flexibility index (Phi) is 10.2. The third kappa shape index (κ3) is 7.62. The van der Waals surface area contributed by atoms with Crippen molar-refractivity contribution in [3.05, 3.63) is 74.8 Å². The van der Waals surface area contributed by atoms with Crippen molar-refractivity contribution < 1.29 is 14.5 Å². The molecule has 2 atom stereocenters. The molecule has 0 saturated heterocycles. The van der Waals surface area contributed by atoms with Crippen molar-refractivity contribution in [1.29, 1.82) is 0 Å². The van der Waals surface area contributed by atoms with E-state index in [2.05, 4.69) is 10.6 Å². The molecule has 0 aliphatic heterocycles. The number of nitrogens with one attached hydrogen (secondary N) is 2. The summed E-state index contributed by atoms with van der Waals surface area (Å²) in [6.45, 7) is 1.43. The fourth-order valence-corrected chi connectivity index (χ4v) is 2.89. The molecular formula is C20H24Cl2N4O4. The van der Waals surface area contributed by atoms with Crippen LogP contribution in [0.15, 0.2) is 48.5 Å². The smallest absolute Gasteiger partial charge is 0.274 e. The molecule has 2 unspecified atom stereocenters. The molecule has 10 heteroatoms. The van der Waals surface area contributed by atoms with Gasteiger partial charge in [-0.15, -0.1) is 12.4 Å². The summed E-state index contributed by atoms with van der Waals surface area (Å²) in [4.78, 5) is 35.0. The predicted molar refractivity (Wildman–Crippen MR) is 118 cm³/mol. The lowest BCUT2D eigenvalue weighted by molar-refractivity contribution is -0.385. The normalized spacial score (nSPS) is 12.2. The molecule has 0 fully saturated rings. The van der Waals surface area contributed by atoms with Crippen molar-refractivity contribution >= 4 is 41.5 Å². The lowest BCUT2D eigenvalue weighted by atomic mass is 10.1. The van der Waals surface area contributed by atoms with Crippen LogP contribution in [0.5, 0.6) is 0 Å². The molecule has 0 bridgehead atoms. The molecule has 0 saturated carbocycles. The highest BCUT2D eigenvalue weighted by molar-refractivity contribution is 6.30. The Bertz CT molecular complexity index is 880. The minimum atomic E-state index is -0.844. The van der Waals surface area contributed by atoms with Gasteiger partial charge in [0.2, 0.25) is 11.8 Å². The standard InChI is InChI=1S/C20H23ClN4O4.ClH/c1-13(24-20(27)17(22)9-7-14-5-3-2-4-6-14)19(26)23-12-15-11-16(21)8-10-18(15)25(28)29;/h2-6,8,10-11,13,17H,7,9,12,22H2,1H3,(H,23,26)(H,24,27);1H. The zero-order valence-corrected chi connectivity index (χ0v) is 17.9. The second-order valence-corrected chi connectivity index (χ2v) is 7.05. The van der Waals surface area contributed by atoms with Crippen LogP contribution in [0, 0.1) is 10.1 Å². The quantitative estimate of drug-likeness (QED) is 0.396. The van der Waals surface area contributed by atoms with Crippen molar-refractivity contribution in [2.24, 2.45) is 5.73 Å². The van der Waals surface area contributed by atoms with Gasteiger partial charge < -0.3 is 16.4 Å². The van der Waals surface area contributed by atoms with Crippen LogP contribution in [-0.2, 0) is 22.6 Å². The van der Waals surface area contributed by atoms with E-state index in [1.165, 1.54) is 25.1 Å². The Morgan fingerprint density at radius 3 is 2.47 bits per heavy atom. The average molecular weight is 455 g/mol. The molecule has 162 valence electrons. The summed E-state index contributed by atoms with van der Waals surface area (Å²) in [5.74, 6) is -0.916. The van der Waals surface area contributed by atoms with Gasteiger partial charge in [0.1, 0.15) is 6.04 Å². The number of carbonyl (C=O) groups is 2. The average Bonchev–Trinajstić information content (AvgIpc) is 2.70. The minimum absolute atomic E-state index is 0. The number of nitrogens with zero attached hydrogens (tertiary/aromatic N) is 1. The summed E-state index contributed by atoms with van der Waals surface area (Å²) < 4.78 is 0. The van der Waals surface area contributed by atoms with Gasteiger partial charge in [0.05, 0.1) is 16.5 Å². The molecule has 2 aromatic rings. The van der Waals surface area contributed by atoms with Crippen molar-refractivity contribution in [2.75, 3.05) is 0 Å². The second kappa shape index (κ2) is 12.1. The number of halogens is 2. The maximum absolute atomic E-state index is 12.3. The van der Waals surface area contributed by atoms with Gasteiger partial charge in [-0.05, 0) is 37.5 Å². The van der Waals surface area contributed by atoms with Gasteiger partial charge in [0.15, 0.2) is 0 Å². The van der Waals surface area contributed by atoms with Crippen molar-refractivity contribution in [2.45, 2.75) is 38.4 Å². The molecule has 2 aromatic carbocycles. The van der Waals surface area contributed by atoms with Crippen LogP contribution in [-0.4, -0.2) is 28.8 Å². The highest BCUT2D eigenvalue weighted by Gasteiger charge is 2.21. The number of carbonyl (C=O) groups excluding carboxylic acids is 2. The van der Waals surface area contributed by atoms with Gasteiger partial charge in [-0.1, -0.05) is 41.9 Å². The molecule has 4 N–H and O–H groups in total. The summed E-state index contributed by atoms with van der Waals surface area (Å²) in [7, 11) is 0. The Labute approximate surface area is 185 Å². The number of amides is 2. The number of nitro benzene ring substituents is 1. The molecule has 8 nitrogen and oxygen atoms in total. The number of aryl methyl sites for hydroxylation is 1. The molecular weight excluding hydrogens is 431 g/mol. The van der Waals surface area contributed by atoms with E-state index in [9.17, 15) is 19.7 Å². The van der Waals surface area contributed by atoms with Crippen molar-refractivity contribution in [1.82, 2.24) is 10.6 Å². The van der Waals surface area contributed by atoms with E-state index in [1.54, 1.807) is 0 Å². The van der Waals surface area contributed by atoms with Crippen LogP contribution in [0.4, 0.5) is 5.69 Å². The Morgan fingerprint density at radius 2 is 1.83 bits per heavy atom. The number of nitrogens with two attached hydrogens (primary N) is 1. The number of hydrogen-bond donors (Lipinski definition) is 3. The van der Waals surface area contributed by atoms with E-state index in [0.717, 1.165) is 5.56 Å². The molecule has 0 heterocycles. The summed E-state index contributed by atoms with van der Waals surface area (Å²) in [6, 6.07) is 12.2. The van der Waals surface area contributed by atoms with E-state index >= 15 is 0 Å². The van der Waals surface area contributed by atoms with Gasteiger partial charge in [-0.25, -0.2) is 0 Å². The number of benzene rings is 2. The maximum Gasteiger partial charge on any atom is 0.274 e. The fraction of sp³-hybridized carbons (Fsp3) is 0.300. The Balaban J connectivity index is 0.00000450. The van der Waals surface area contributed by atoms with E-state index in [4.69, 9.17) is 17.3 Å². The van der Waals surface area contributed by atoms with E-state index in [0.29, 0.717) is 17.9 Å². The number of nitro groups is 1. The highest BCUT2D eigenvalue weighted by Crippen LogP contribution is 2.22. The van der Waals surface area contributed by atoms with Crippen LogP contribution in [0.1, 0.15) is 24.5 Å². The lowest BCUT2D eigenvalue weighted by Crippen LogP contribution is -2.50. The molecule has 2 amide bonds. The van der Waals surface area contributed by atoms with Crippen LogP contribution in [0.25, 0.3) is 0 Å². The first kappa shape index (κ1) is 25.4. The maximum atomic E-state index is 12.3. The van der Waals surface area contributed by atoms with Gasteiger partial charge in [0.25, 0.3) is 5.69 Å². The lowest BCUT2D eigenvalue weighted by Gasteiger charge is -2.17. The molecule has 0 aliphatic rings. The van der Waals surface area contributed by atoms with E-state index < -0.39 is 28.8 Å². The first-order valence-corrected chi connectivity index (χ1v) is 9.46. The topological polar surface area (TPSA) is 127 Å². The van der Waals surface area contributed by atoms with Crippen molar-refractivity contribution in [3.63, 3.8) is 0 Å². The minimum Gasteiger partial charge on any atom is -0.350 e. The first-order valence-electron chi connectivity index (χ1n) is 9.08. The summed E-state index contributed by atoms with van der Waals surface area (Å²) in [5, 5.41) is 16.5. The van der Waals surface area contributed by atoms with E-state index in [-0.39, 0.29) is 30.2 Å². The summed E-state index contributed by atoms with van der Waals surface area (Å²) >= 11 is 5.87. The molecule has 2 rings (SSSR count). The van der Waals surface area contributed by atoms with Gasteiger partial charge in [0, 0.05) is 17.6 Å². The Hall–Kier alpha value is -2.68. The third-order valence-corrected chi connectivity index (χ3v) is 4.60. The van der Waals surface area contributed by atoms with Crippen LogP contribution in [0.2, 0.25) is 5.02 Å². The first-order chi connectivity index (χ1) is 13.8. The molecule has 0 aliphatic carbocycles. The Morgan fingerprint density at radius 1 is 1.17 bits per heavy atom. The summed E-state index contributed by atoms with van der Waals surface area (Å²) in [5.41, 5.74) is 7.12. The number of hydrogen-bond acceptors (Lipinski definition) is 5. The molecule has 30 heavy (non-hydrogen) atoms. The molecule has 0 spiro atoms. The monoisotopic (exact) mass is 454 g/mol. The van der Waals surface area contributed by atoms with Crippen molar-refractivity contribution in [3.8, 4) is 0 Å². The summed E-state index contributed by atoms with van der Waals surface area (Å²) in [6.07, 6.45) is 1.09. The molecule has 0 aromatic heterocycles. The van der Waals surface area contributed by atoms with Gasteiger partial charge >= 0.3 is 0 Å². The van der Waals surface area contributed by atoms with Gasteiger partial charge in [-0.2, -0.15) is 0 Å². The second-order valence-electron chi connectivity index (χ2n) is 6.61.